The summed E-state index contributed by atoms with van der Waals surface area (Å²) in [4.78, 5) is 12.1. The summed E-state index contributed by atoms with van der Waals surface area (Å²) < 4.78 is 43.0. The Morgan fingerprint density at radius 3 is 1.87 bits per heavy atom. The smallest absolute Gasteiger partial charge is 0.416 e. The van der Waals surface area contributed by atoms with Gasteiger partial charge in [-0.3, -0.25) is 4.79 Å². The minimum atomic E-state index is -4.38. The van der Waals surface area contributed by atoms with Crippen molar-refractivity contribution in [3.63, 3.8) is 0 Å². The van der Waals surface area contributed by atoms with Crippen LogP contribution in [0.1, 0.15) is 96.0 Å². The summed E-state index contributed by atoms with van der Waals surface area (Å²) in [5.41, 5.74) is -0.737. The molecule has 0 unspecified atom stereocenters. The highest BCUT2D eigenvalue weighted by molar-refractivity contribution is 5.72. The Labute approximate surface area is 184 Å². The lowest BCUT2D eigenvalue weighted by molar-refractivity contribution is -0.137. The van der Waals surface area contributed by atoms with Gasteiger partial charge in [-0.25, -0.2) is 0 Å². The number of carbonyl (C=O) groups excluding carboxylic acids is 1. The maximum Gasteiger partial charge on any atom is 0.416 e. The Balaban J connectivity index is 1.32. The van der Waals surface area contributed by atoms with Crippen LogP contribution in [0.15, 0.2) is 24.3 Å². The molecule has 31 heavy (non-hydrogen) atoms. The van der Waals surface area contributed by atoms with E-state index >= 15 is 0 Å². The third-order valence-electron chi connectivity index (χ3n) is 7.59. The molecule has 0 aliphatic heterocycles. The van der Waals surface area contributed by atoms with Crippen molar-refractivity contribution < 1.29 is 22.7 Å². The standard InChI is InChI=1S/C26H37F3O2/c1-2-3-4-19-5-10-21(11-6-19)22-12-7-20(8-13-22)9-18-25(30)31-24-16-14-23(15-17-24)26(27,28)29/h14-17,19-22H,2-13,18H2,1H3/t19-,20?,21-,22?. The Kier molecular flexibility index (Phi) is 8.85. The van der Waals surface area contributed by atoms with Crippen molar-refractivity contribution in [2.24, 2.45) is 23.7 Å². The van der Waals surface area contributed by atoms with Gasteiger partial charge in [0.05, 0.1) is 5.56 Å². The quantitative estimate of drug-likeness (QED) is 0.302. The molecule has 0 aromatic heterocycles. The second kappa shape index (κ2) is 11.4. The first-order chi connectivity index (χ1) is 14.8. The van der Waals surface area contributed by atoms with Gasteiger partial charge in [0.25, 0.3) is 0 Å². The number of unbranched alkanes of at least 4 members (excludes halogenated alkanes) is 1. The lowest BCUT2D eigenvalue weighted by Crippen LogP contribution is -2.26. The maximum absolute atomic E-state index is 12.6. The summed E-state index contributed by atoms with van der Waals surface area (Å²) in [7, 11) is 0. The first kappa shape index (κ1) is 24.1. The molecule has 0 heterocycles. The van der Waals surface area contributed by atoms with Gasteiger partial charge in [-0.05, 0) is 80.0 Å². The van der Waals surface area contributed by atoms with Crippen molar-refractivity contribution in [3.05, 3.63) is 29.8 Å². The topological polar surface area (TPSA) is 26.3 Å². The van der Waals surface area contributed by atoms with Crippen LogP contribution in [0, 0.1) is 23.7 Å². The van der Waals surface area contributed by atoms with Crippen molar-refractivity contribution >= 4 is 5.97 Å². The third kappa shape index (κ3) is 7.54. The molecule has 2 aliphatic rings. The molecule has 0 atom stereocenters. The van der Waals surface area contributed by atoms with E-state index in [1.54, 1.807) is 0 Å². The normalized spacial score (nSPS) is 27.1. The van der Waals surface area contributed by atoms with Crippen LogP contribution in [-0.2, 0) is 11.0 Å². The Morgan fingerprint density at radius 2 is 1.39 bits per heavy atom. The molecule has 0 N–H and O–H groups in total. The van der Waals surface area contributed by atoms with Gasteiger partial charge in [0, 0.05) is 6.42 Å². The highest BCUT2D eigenvalue weighted by Crippen LogP contribution is 2.43. The zero-order valence-corrected chi connectivity index (χ0v) is 18.8. The molecule has 0 spiro atoms. The van der Waals surface area contributed by atoms with Crippen LogP contribution < -0.4 is 4.74 Å². The van der Waals surface area contributed by atoms with Gasteiger partial charge < -0.3 is 4.74 Å². The van der Waals surface area contributed by atoms with Crippen molar-refractivity contribution in [2.45, 2.75) is 96.6 Å². The number of alkyl halides is 3. The summed E-state index contributed by atoms with van der Waals surface area (Å²) in [6, 6.07) is 4.31. The van der Waals surface area contributed by atoms with Crippen LogP contribution in [0.5, 0.6) is 5.75 Å². The van der Waals surface area contributed by atoms with Gasteiger partial charge >= 0.3 is 12.1 Å². The summed E-state index contributed by atoms with van der Waals surface area (Å²) in [5, 5.41) is 0. The molecule has 2 aliphatic carbocycles. The third-order valence-corrected chi connectivity index (χ3v) is 7.59. The zero-order chi connectivity index (χ0) is 22.3. The molecule has 0 bridgehead atoms. The van der Waals surface area contributed by atoms with E-state index in [0.29, 0.717) is 12.3 Å². The molecule has 0 radical (unpaired) electrons. The van der Waals surface area contributed by atoms with Gasteiger partial charge in [-0.1, -0.05) is 51.9 Å². The minimum absolute atomic E-state index is 0.177. The zero-order valence-electron chi connectivity index (χ0n) is 18.8. The maximum atomic E-state index is 12.6. The second-order valence-electron chi connectivity index (χ2n) is 9.74. The average Bonchev–Trinajstić information content (AvgIpc) is 2.77. The predicted octanol–water partition coefficient (Wildman–Crippen LogP) is 8.19. The van der Waals surface area contributed by atoms with Gasteiger partial charge in [-0.2, -0.15) is 13.2 Å². The molecule has 1 aromatic rings. The van der Waals surface area contributed by atoms with E-state index < -0.39 is 11.7 Å². The monoisotopic (exact) mass is 438 g/mol. The Bertz CT molecular complexity index is 667. The number of hydrogen-bond donors (Lipinski definition) is 0. The van der Waals surface area contributed by atoms with E-state index in [4.69, 9.17) is 4.74 Å². The molecular formula is C26H37F3O2. The van der Waals surface area contributed by atoms with Crippen molar-refractivity contribution in [3.8, 4) is 5.75 Å². The number of hydrogen-bond acceptors (Lipinski definition) is 2. The molecule has 5 heteroatoms. The molecule has 2 saturated carbocycles. The number of esters is 1. The SMILES string of the molecule is CCCC[C@H]1CC[C@H](C2CCC(CCC(=O)Oc3ccc(C(F)(F)F)cc3)CC2)CC1. The Morgan fingerprint density at radius 1 is 0.871 bits per heavy atom. The molecule has 0 saturated heterocycles. The first-order valence-electron chi connectivity index (χ1n) is 12.2. The van der Waals surface area contributed by atoms with E-state index in [2.05, 4.69) is 6.92 Å². The fraction of sp³-hybridized carbons (Fsp3) is 0.731. The summed E-state index contributed by atoms with van der Waals surface area (Å²) in [6.45, 7) is 2.28. The minimum Gasteiger partial charge on any atom is -0.427 e. The second-order valence-corrected chi connectivity index (χ2v) is 9.74. The lowest BCUT2D eigenvalue weighted by atomic mass is 9.68. The Hall–Kier alpha value is -1.52. The van der Waals surface area contributed by atoms with E-state index in [1.165, 1.54) is 82.8 Å². The van der Waals surface area contributed by atoms with Crippen molar-refractivity contribution in [1.29, 1.82) is 0 Å². The van der Waals surface area contributed by atoms with Gasteiger partial charge in [0.15, 0.2) is 0 Å². The number of ether oxygens (including phenoxy) is 1. The van der Waals surface area contributed by atoms with Crippen molar-refractivity contribution in [2.75, 3.05) is 0 Å². The van der Waals surface area contributed by atoms with Crippen LogP contribution in [0.2, 0.25) is 0 Å². The molecule has 3 rings (SSSR count). The number of halogens is 3. The highest BCUT2D eigenvalue weighted by atomic mass is 19.4. The number of carbonyl (C=O) groups is 1. The van der Waals surface area contributed by atoms with Crippen LogP contribution in [0.25, 0.3) is 0 Å². The van der Waals surface area contributed by atoms with E-state index in [0.717, 1.165) is 36.3 Å². The highest BCUT2D eigenvalue weighted by Gasteiger charge is 2.31. The number of benzene rings is 1. The fourth-order valence-electron chi connectivity index (χ4n) is 5.61. The molecule has 0 amide bonds. The van der Waals surface area contributed by atoms with Gasteiger partial charge in [0.1, 0.15) is 5.75 Å². The molecule has 2 fully saturated rings. The van der Waals surface area contributed by atoms with Crippen LogP contribution in [-0.4, -0.2) is 5.97 Å². The van der Waals surface area contributed by atoms with Crippen LogP contribution in [0.4, 0.5) is 13.2 Å². The average molecular weight is 439 g/mol. The molecule has 2 nitrogen and oxygen atoms in total. The summed E-state index contributed by atoms with van der Waals surface area (Å²) in [5.74, 6) is 3.12. The summed E-state index contributed by atoms with van der Waals surface area (Å²) in [6.07, 6.45) is 11.5. The lowest BCUT2D eigenvalue weighted by Gasteiger charge is -2.38. The van der Waals surface area contributed by atoms with E-state index in [1.807, 2.05) is 0 Å². The molecular weight excluding hydrogens is 401 g/mol. The molecule has 174 valence electrons. The predicted molar refractivity (Wildman–Crippen MR) is 117 cm³/mol. The van der Waals surface area contributed by atoms with Gasteiger partial charge in [0.2, 0.25) is 0 Å². The first-order valence-corrected chi connectivity index (χ1v) is 12.2. The largest absolute Gasteiger partial charge is 0.427 e. The van der Waals surface area contributed by atoms with E-state index in [-0.39, 0.29) is 11.7 Å². The van der Waals surface area contributed by atoms with Gasteiger partial charge in [-0.15, -0.1) is 0 Å². The van der Waals surface area contributed by atoms with Crippen molar-refractivity contribution in [1.82, 2.24) is 0 Å². The van der Waals surface area contributed by atoms with Crippen LogP contribution in [0.3, 0.4) is 0 Å². The number of rotatable bonds is 8. The fourth-order valence-corrected chi connectivity index (χ4v) is 5.61. The summed E-state index contributed by atoms with van der Waals surface area (Å²) >= 11 is 0. The van der Waals surface area contributed by atoms with E-state index in [9.17, 15) is 18.0 Å². The molecule has 1 aromatic carbocycles. The van der Waals surface area contributed by atoms with Crippen LogP contribution >= 0.6 is 0 Å².